The standard InChI is InChI=1S/C25H27F3N4O4/c26-18-5-2-15(3-6-18)16-8-12-31(13-9-16)11-1-10-30-24(34)32-21(22(23(29)33)36-25(32)35)17-4-7-19(27)20(28)14-17/h2-7,14,16,21-22H,1,8-13H2,(H2,29,33)(H,30,34)/t21-,22+/m0/s1. The van der Waals surface area contributed by atoms with Crippen molar-refractivity contribution in [2.24, 2.45) is 5.73 Å². The number of carbonyl (C=O) groups excluding carboxylic acids is 3. The monoisotopic (exact) mass is 504 g/mol. The lowest BCUT2D eigenvalue weighted by molar-refractivity contribution is -0.125. The number of imide groups is 1. The molecule has 36 heavy (non-hydrogen) atoms. The number of benzene rings is 2. The summed E-state index contributed by atoms with van der Waals surface area (Å²) in [6, 6.07) is 7.25. The minimum Gasteiger partial charge on any atom is -0.433 e. The first-order valence-corrected chi connectivity index (χ1v) is 11.7. The molecule has 0 radical (unpaired) electrons. The number of ether oxygens (including phenoxy) is 1. The lowest BCUT2D eigenvalue weighted by Gasteiger charge is -2.32. The Bertz CT molecular complexity index is 1120. The average Bonchev–Trinajstić information content (AvgIpc) is 3.22. The van der Waals surface area contributed by atoms with Gasteiger partial charge in [-0.15, -0.1) is 0 Å². The average molecular weight is 505 g/mol. The molecule has 0 bridgehead atoms. The second kappa shape index (κ2) is 11.0. The van der Waals surface area contributed by atoms with Gasteiger partial charge in [-0.25, -0.2) is 27.7 Å². The highest BCUT2D eigenvalue weighted by atomic mass is 19.2. The maximum absolute atomic E-state index is 13.8. The molecule has 11 heteroatoms. The lowest BCUT2D eigenvalue weighted by atomic mass is 9.89. The number of likely N-dealkylation sites (tertiary alicyclic amines) is 1. The van der Waals surface area contributed by atoms with Gasteiger partial charge in [0.05, 0.1) is 0 Å². The largest absolute Gasteiger partial charge is 0.433 e. The Morgan fingerprint density at radius 3 is 2.31 bits per heavy atom. The van der Waals surface area contributed by atoms with Gasteiger partial charge in [0.1, 0.15) is 11.9 Å². The molecular formula is C25H27F3N4O4. The summed E-state index contributed by atoms with van der Waals surface area (Å²) in [5.41, 5.74) is 6.44. The highest BCUT2D eigenvalue weighted by Gasteiger charge is 2.49. The van der Waals surface area contributed by atoms with E-state index >= 15 is 0 Å². The minimum atomic E-state index is -1.53. The number of amides is 4. The summed E-state index contributed by atoms with van der Waals surface area (Å²) in [7, 11) is 0. The van der Waals surface area contributed by atoms with Crippen molar-refractivity contribution in [3.05, 3.63) is 71.0 Å². The van der Waals surface area contributed by atoms with Gasteiger partial charge in [-0.3, -0.25) is 4.79 Å². The molecule has 0 aliphatic carbocycles. The van der Waals surface area contributed by atoms with Gasteiger partial charge in [-0.1, -0.05) is 18.2 Å². The van der Waals surface area contributed by atoms with Crippen molar-refractivity contribution in [3.8, 4) is 0 Å². The summed E-state index contributed by atoms with van der Waals surface area (Å²) in [4.78, 5) is 39.9. The fourth-order valence-electron chi connectivity index (χ4n) is 4.73. The van der Waals surface area contributed by atoms with Crippen LogP contribution in [0.15, 0.2) is 42.5 Å². The van der Waals surface area contributed by atoms with Gasteiger partial charge in [0.15, 0.2) is 11.6 Å². The van der Waals surface area contributed by atoms with E-state index in [0.29, 0.717) is 17.2 Å². The minimum absolute atomic E-state index is 0.00252. The van der Waals surface area contributed by atoms with Gasteiger partial charge in [-0.05, 0) is 80.2 Å². The SMILES string of the molecule is NC(=O)[C@@H]1OC(=O)N(C(=O)NCCCN2CCC(c3ccc(F)cc3)CC2)[C@H]1c1ccc(F)c(F)c1. The molecule has 3 N–H and O–H groups in total. The lowest BCUT2D eigenvalue weighted by Crippen LogP contribution is -2.45. The zero-order chi connectivity index (χ0) is 25.8. The number of nitrogens with one attached hydrogen (secondary N) is 1. The van der Waals surface area contributed by atoms with Gasteiger partial charge < -0.3 is 20.7 Å². The summed E-state index contributed by atoms with van der Waals surface area (Å²) in [6.45, 7) is 2.70. The first-order valence-electron chi connectivity index (χ1n) is 11.7. The van der Waals surface area contributed by atoms with Gasteiger partial charge in [0.2, 0.25) is 6.10 Å². The van der Waals surface area contributed by atoms with Gasteiger partial charge >= 0.3 is 12.1 Å². The van der Waals surface area contributed by atoms with Crippen molar-refractivity contribution >= 4 is 18.0 Å². The molecule has 0 spiro atoms. The van der Waals surface area contributed by atoms with Gasteiger partial charge in [-0.2, -0.15) is 0 Å². The molecule has 2 aromatic carbocycles. The van der Waals surface area contributed by atoms with Crippen molar-refractivity contribution in [2.75, 3.05) is 26.2 Å². The van der Waals surface area contributed by atoms with Crippen molar-refractivity contribution in [1.82, 2.24) is 15.1 Å². The third-order valence-electron chi connectivity index (χ3n) is 6.63. The number of primary amides is 1. The Balaban J connectivity index is 1.29. The van der Waals surface area contributed by atoms with E-state index < -0.39 is 41.8 Å². The van der Waals surface area contributed by atoms with Crippen LogP contribution in [0.3, 0.4) is 0 Å². The van der Waals surface area contributed by atoms with E-state index in [1.54, 1.807) is 0 Å². The number of nitrogens with two attached hydrogens (primary N) is 1. The van der Waals surface area contributed by atoms with Crippen molar-refractivity contribution in [1.29, 1.82) is 0 Å². The number of carbonyl (C=O) groups is 3. The summed E-state index contributed by atoms with van der Waals surface area (Å²) in [5, 5.41) is 2.62. The van der Waals surface area contributed by atoms with Crippen LogP contribution in [0.1, 0.15) is 42.3 Å². The molecule has 0 saturated carbocycles. The molecule has 0 aromatic heterocycles. The molecule has 4 rings (SSSR count). The van der Waals surface area contributed by atoms with Crippen LogP contribution in [-0.4, -0.2) is 60.1 Å². The molecule has 2 aliphatic heterocycles. The Kier molecular flexibility index (Phi) is 7.78. The first kappa shape index (κ1) is 25.5. The van der Waals surface area contributed by atoms with Crippen LogP contribution in [0.4, 0.5) is 22.8 Å². The van der Waals surface area contributed by atoms with Gasteiger partial charge in [0, 0.05) is 6.54 Å². The Morgan fingerprint density at radius 2 is 1.67 bits per heavy atom. The van der Waals surface area contributed by atoms with E-state index in [9.17, 15) is 27.6 Å². The van der Waals surface area contributed by atoms with E-state index in [-0.39, 0.29) is 17.9 Å². The molecule has 8 nitrogen and oxygen atoms in total. The van der Waals surface area contributed by atoms with Crippen molar-refractivity contribution < 1.29 is 32.3 Å². The molecular weight excluding hydrogens is 477 g/mol. The molecule has 2 aliphatic rings. The number of halogens is 3. The molecule has 2 fully saturated rings. The Labute approximate surface area is 206 Å². The van der Waals surface area contributed by atoms with Crippen LogP contribution >= 0.6 is 0 Å². The molecule has 4 amide bonds. The van der Waals surface area contributed by atoms with E-state index in [4.69, 9.17) is 10.5 Å². The number of rotatable bonds is 7. The predicted octanol–water partition coefficient (Wildman–Crippen LogP) is 3.43. The van der Waals surface area contributed by atoms with E-state index in [2.05, 4.69) is 10.2 Å². The predicted molar refractivity (Wildman–Crippen MR) is 123 cm³/mol. The fraction of sp³-hybridized carbons (Fsp3) is 0.400. The van der Waals surface area contributed by atoms with E-state index in [1.807, 2.05) is 12.1 Å². The van der Waals surface area contributed by atoms with Crippen molar-refractivity contribution in [3.63, 3.8) is 0 Å². The number of piperidine rings is 1. The Morgan fingerprint density at radius 1 is 1.00 bits per heavy atom. The van der Waals surface area contributed by atoms with E-state index in [1.165, 1.54) is 12.1 Å². The summed E-state index contributed by atoms with van der Waals surface area (Å²) >= 11 is 0. The number of urea groups is 1. The molecule has 2 atom stereocenters. The maximum atomic E-state index is 13.8. The summed E-state index contributed by atoms with van der Waals surface area (Å²) < 4.78 is 45.3. The number of hydrogen-bond acceptors (Lipinski definition) is 5. The third-order valence-corrected chi connectivity index (χ3v) is 6.63. The van der Waals surface area contributed by atoms with E-state index in [0.717, 1.165) is 56.2 Å². The highest BCUT2D eigenvalue weighted by molar-refractivity contribution is 5.96. The summed E-state index contributed by atoms with van der Waals surface area (Å²) in [6.07, 6.45) is -0.140. The smallest absolute Gasteiger partial charge is 0.419 e. The number of nitrogens with zero attached hydrogens (tertiary/aromatic N) is 2. The normalized spacial score (nSPS) is 20.9. The van der Waals surface area contributed by atoms with Crippen LogP contribution in [-0.2, 0) is 9.53 Å². The molecule has 2 aromatic rings. The Hall–Kier alpha value is -3.60. The van der Waals surface area contributed by atoms with Crippen LogP contribution < -0.4 is 11.1 Å². The fourth-order valence-corrected chi connectivity index (χ4v) is 4.73. The first-order chi connectivity index (χ1) is 17.2. The van der Waals surface area contributed by atoms with Crippen molar-refractivity contribution in [2.45, 2.75) is 37.3 Å². The van der Waals surface area contributed by atoms with Gasteiger partial charge in [0.25, 0.3) is 5.91 Å². The maximum Gasteiger partial charge on any atom is 0.419 e. The second-order valence-corrected chi connectivity index (χ2v) is 8.95. The zero-order valence-corrected chi connectivity index (χ0v) is 19.5. The van der Waals surface area contributed by atoms with Crippen LogP contribution in [0.2, 0.25) is 0 Å². The van der Waals surface area contributed by atoms with Crippen LogP contribution in [0.5, 0.6) is 0 Å². The highest BCUT2D eigenvalue weighted by Crippen LogP contribution is 2.34. The summed E-state index contributed by atoms with van der Waals surface area (Å²) in [5.74, 6) is -3.19. The topological polar surface area (TPSA) is 105 Å². The zero-order valence-electron chi connectivity index (χ0n) is 19.5. The quantitative estimate of drug-likeness (QED) is 0.563. The molecule has 2 saturated heterocycles. The van der Waals surface area contributed by atoms with Crippen LogP contribution in [0, 0.1) is 17.5 Å². The molecule has 192 valence electrons. The van der Waals surface area contributed by atoms with Crippen LogP contribution in [0.25, 0.3) is 0 Å². The number of cyclic esters (lactones) is 1. The third kappa shape index (κ3) is 5.62. The number of hydrogen-bond donors (Lipinski definition) is 2. The molecule has 0 unspecified atom stereocenters. The second-order valence-electron chi connectivity index (χ2n) is 8.95. The molecule has 2 heterocycles.